The zero-order valence-corrected chi connectivity index (χ0v) is 10.9. The molecule has 3 aromatic rings. The minimum Gasteiger partial charge on any atom is -0.368 e. The molecule has 0 aliphatic heterocycles. The second-order valence-corrected chi connectivity index (χ2v) is 4.61. The van der Waals surface area contributed by atoms with Crippen molar-refractivity contribution < 1.29 is 9.18 Å². The summed E-state index contributed by atoms with van der Waals surface area (Å²) in [4.78, 5) is 15.9. The summed E-state index contributed by atoms with van der Waals surface area (Å²) in [6.07, 6.45) is 1.17. The maximum absolute atomic E-state index is 13.8. The number of ketones is 1. The summed E-state index contributed by atoms with van der Waals surface area (Å²) in [6.45, 7) is 1.92. The number of rotatable bonds is 3. The lowest BCUT2D eigenvalue weighted by molar-refractivity contribution is 0.0976. The van der Waals surface area contributed by atoms with Crippen LogP contribution in [-0.2, 0) is 0 Å². The number of nitrogens with zero attached hydrogens (tertiary/aromatic N) is 3. The van der Waals surface area contributed by atoms with E-state index in [0.29, 0.717) is 23.0 Å². The number of benzene rings is 1. The predicted molar refractivity (Wildman–Crippen MR) is 74.1 cm³/mol. The van der Waals surface area contributed by atoms with Crippen LogP contribution >= 0.6 is 0 Å². The molecule has 0 spiro atoms. The lowest BCUT2D eigenvalue weighted by Gasteiger charge is -2.03. The van der Waals surface area contributed by atoms with Crippen LogP contribution in [0.25, 0.3) is 16.4 Å². The van der Waals surface area contributed by atoms with Crippen molar-refractivity contribution in [2.24, 2.45) is 0 Å². The zero-order valence-electron chi connectivity index (χ0n) is 10.9. The predicted octanol–water partition coefficient (Wildman–Crippen LogP) is 2.59. The Morgan fingerprint density at radius 3 is 3.00 bits per heavy atom. The number of para-hydroxylation sites is 1. The molecule has 0 bridgehead atoms. The highest BCUT2D eigenvalue weighted by molar-refractivity contribution is 6.00. The van der Waals surface area contributed by atoms with Crippen LogP contribution in [0, 0.1) is 5.82 Å². The molecular formula is C14H13FN4O. The van der Waals surface area contributed by atoms with Crippen molar-refractivity contribution in [3.05, 3.63) is 35.8 Å². The van der Waals surface area contributed by atoms with Crippen LogP contribution in [0.4, 0.5) is 10.3 Å². The Morgan fingerprint density at radius 2 is 2.25 bits per heavy atom. The molecular weight excluding hydrogens is 259 g/mol. The van der Waals surface area contributed by atoms with Gasteiger partial charge >= 0.3 is 0 Å². The summed E-state index contributed by atoms with van der Waals surface area (Å²) < 4.78 is 15.1. The van der Waals surface area contributed by atoms with Gasteiger partial charge in [-0.25, -0.2) is 9.37 Å². The molecule has 0 aliphatic rings. The average molecular weight is 272 g/mol. The highest BCUT2D eigenvalue weighted by Gasteiger charge is 2.15. The number of hydrogen-bond donors (Lipinski definition) is 1. The van der Waals surface area contributed by atoms with Crippen molar-refractivity contribution in [3.8, 4) is 0 Å². The van der Waals surface area contributed by atoms with Gasteiger partial charge in [-0.1, -0.05) is 19.1 Å². The van der Waals surface area contributed by atoms with E-state index >= 15 is 0 Å². The van der Waals surface area contributed by atoms with Crippen LogP contribution in [0.5, 0.6) is 0 Å². The number of anilines is 1. The number of carbonyl (C=O) groups excluding carboxylic acids is 1. The van der Waals surface area contributed by atoms with Crippen molar-refractivity contribution in [2.45, 2.75) is 19.8 Å². The van der Waals surface area contributed by atoms with E-state index in [1.54, 1.807) is 18.2 Å². The number of carbonyl (C=O) groups is 1. The van der Waals surface area contributed by atoms with Crippen LogP contribution in [0.1, 0.15) is 30.3 Å². The van der Waals surface area contributed by atoms with Gasteiger partial charge in [-0.3, -0.25) is 4.79 Å². The number of halogens is 1. The van der Waals surface area contributed by atoms with Crippen molar-refractivity contribution >= 4 is 28.2 Å². The molecule has 5 nitrogen and oxygen atoms in total. The van der Waals surface area contributed by atoms with Gasteiger partial charge < -0.3 is 5.73 Å². The molecule has 1 aromatic carbocycles. The normalized spacial score (nSPS) is 11.3. The van der Waals surface area contributed by atoms with E-state index in [1.807, 2.05) is 6.92 Å². The van der Waals surface area contributed by atoms with E-state index in [1.165, 1.54) is 10.6 Å². The minimum atomic E-state index is -0.445. The fourth-order valence-electron chi connectivity index (χ4n) is 2.24. The smallest absolute Gasteiger partial charge is 0.222 e. The molecule has 20 heavy (non-hydrogen) atoms. The Morgan fingerprint density at radius 1 is 1.45 bits per heavy atom. The van der Waals surface area contributed by atoms with E-state index in [9.17, 15) is 9.18 Å². The summed E-state index contributed by atoms with van der Waals surface area (Å²) in [7, 11) is 0. The second kappa shape index (κ2) is 4.56. The molecule has 0 atom stereocenters. The Kier molecular flexibility index (Phi) is 2.85. The molecule has 0 aliphatic carbocycles. The molecule has 2 N–H and O–H groups in total. The first kappa shape index (κ1) is 12.5. The first-order valence-corrected chi connectivity index (χ1v) is 6.38. The molecule has 3 rings (SSSR count). The summed E-state index contributed by atoms with van der Waals surface area (Å²) in [6, 6.07) is 6.29. The topological polar surface area (TPSA) is 73.3 Å². The third-order valence-corrected chi connectivity index (χ3v) is 3.18. The van der Waals surface area contributed by atoms with Gasteiger partial charge in [-0.05, 0) is 18.6 Å². The summed E-state index contributed by atoms with van der Waals surface area (Å²) >= 11 is 0. The van der Waals surface area contributed by atoms with Gasteiger partial charge in [0.15, 0.2) is 5.78 Å². The van der Waals surface area contributed by atoms with E-state index in [4.69, 9.17) is 5.73 Å². The van der Waals surface area contributed by atoms with Gasteiger partial charge in [0, 0.05) is 11.8 Å². The zero-order chi connectivity index (χ0) is 14.3. The van der Waals surface area contributed by atoms with Crippen LogP contribution in [-0.4, -0.2) is 20.4 Å². The first-order valence-electron chi connectivity index (χ1n) is 6.38. The molecule has 0 saturated heterocycles. The lowest BCUT2D eigenvalue weighted by atomic mass is 10.1. The third kappa shape index (κ3) is 1.80. The fraction of sp³-hybridized carbons (Fsp3) is 0.214. The molecule has 6 heteroatoms. The molecule has 0 radical (unpaired) electrons. The number of nitrogen functional groups attached to an aromatic ring is 1. The molecule has 2 aromatic heterocycles. The number of aromatic nitrogens is 3. The van der Waals surface area contributed by atoms with Crippen LogP contribution in [0.2, 0.25) is 0 Å². The molecule has 0 unspecified atom stereocenters. The van der Waals surface area contributed by atoms with Gasteiger partial charge in [0.1, 0.15) is 17.0 Å². The van der Waals surface area contributed by atoms with Gasteiger partial charge in [0.2, 0.25) is 5.95 Å². The van der Waals surface area contributed by atoms with Gasteiger partial charge in [0.05, 0.1) is 5.52 Å². The number of hydrogen-bond acceptors (Lipinski definition) is 4. The van der Waals surface area contributed by atoms with E-state index in [-0.39, 0.29) is 17.2 Å². The average Bonchev–Trinajstić information content (AvgIpc) is 2.87. The number of Topliss-reactive ketones (excluding diaryl/α,β-unsaturated/α-hetero) is 1. The summed E-state index contributed by atoms with van der Waals surface area (Å²) in [5.74, 6) is -0.437. The monoisotopic (exact) mass is 272 g/mol. The Labute approximate surface area is 114 Å². The summed E-state index contributed by atoms with van der Waals surface area (Å²) in [5.41, 5.74) is 6.90. The van der Waals surface area contributed by atoms with Crippen LogP contribution in [0.15, 0.2) is 24.3 Å². The molecule has 2 heterocycles. The molecule has 0 fully saturated rings. The molecule has 102 valence electrons. The Balaban J connectivity index is 2.32. The second-order valence-electron chi connectivity index (χ2n) is 4.61. The fourth-order valence-corrected chi connectivity index (χ4v) is 2.24. The van der Waals surface area contributed by atoms with E-state index in [2.05, 4.69) is 10.1 Å². The lowest BCUT2D eigenvalue weighted by Crippen LogP contribution is -2.04. The van der Waals surface area contributed by atoms with Crippen LogP contribution < -0.4 is 5.73 Å². The molecule has 0 saturated carbocycles. The standard InChI is InChI=1S/C14H13FN4O/c1-2-4-12(20)10-7-11-8-5-3-6-9(15)13(8)17-14(16)19(11)18-10/h3,5-7H,2,4H2,1H3,(H2,16,17). The van der Waals surface area contributed by atoms with E-state index in [0.717, 1.165) is 6.42 Å². The Bertz CT molecular complexity index is 825. The van der Waals surface area contributed by atoms with Gasteiger partial charge in [-0.2, -0.15) is 9.61 Å². The maximum atomic E-state index is 13.8. The van der Waals surface area contributed by atoms with Crippen molar-refractivity contribution in [2.75, 3.05) is 5.73 Å². The van der Waals surface area contributed by atoms with Crippen molar-refractivity contribution in [1.82, 2.24) is 14.6 Å². The third-order valence-electron chi connectivity index (χ3n) is 3.18. The SMILES string of the molecule is CCCC(=O)c1cc2c3cccc(F)c3nc(N)n2n1. The van der Waals surface area contributed by atoms with Crippen molar-refractivity contribution in [1.29, 1.82) is 0 Å². The quantitative estimate of drug-likeness (QED) is 0.744. The molecule has 0 amide bonds. The van der Waals surface area contributed by atoms with Gasteiger partial charge in [0.25, 0.3) is 0 Å². The van der Waals surface area contributed by atoms with Crippen molar-refractivity contribution in [3.63, 3.8) is 0 Å². The number of fused-ring (bicyclic) bond motifs is 3. The Hall–Kier alpha value is -2.50. The minimum absolute atomic E-state index is 0.0554. The van der Waals surface area contributed by atoms with Gasteiger partial charge in [-0.15, -0.1) is 0 Å². The largest absolute Gasteiger partial charge is 0.368 e. The first-order chi connectivity index (χ1) is 9.61. The maximum Gasteiger partial charge on any atom is 0.222 e. The van der Waals surface area contributed by atoms with Crippen LogP contribution in [0.3, 0.4) is 0 Å². The number of nitrogens with two attached hydrogens (primary N) is 1. The van der Waals surface area contributed by atoms with E-state index < -0.39 is 5.82 Å². The highest BCUT2D eigenvalue weighted by atomic mass is 19.1. The highest BCUT2D eigenvalue weighted by Crippen LogP contribution is 2.24. The summed E-state index contributed by atoms with van der Waals surface area (Å²) in [5, 5.41) is 4.75.